The highest BCUT2D eigenvalue weighted by atomic mass is 16.5. The molecule has 4 nitrogen and oxygen atoms in total. The largest absolute Gasteiger partial charge is 0.464 e. The monoisotopic (exact) mass is 250 g/mol. The van der Waals surface area contributed by atoms with E-state index >= 15 is 0 Å². The Labute approximate surface area is 109 Å². The summed E-state index contributed by atoms with van der Waals surface area (Å²) >= 11 is 0. The van der Waals surface area contributed by atoms with Gasteiger partial charge in [-0.25, -0.2) is 4.79 Å². The molecule has 0 saturated carbocycles. The molecule has 2 N–H and O–H groups in total. The van der Waals surface area contributed by atoms with Crippen LogP contribution in [0.4, 0.5) is 11.4 Å². The van der Waals surface area contributed by atoms with Gasteiger partial charge in [-0.15, -0.1) is 0 Å². The van der Waals surface area contributed by atoms with Gasteiger partial charge in [-0.05, 0) is 44.5 Å². The summed E-state index contributed by atoms with van der Waals surface area (Å²) in [5, 5.41) is 0. The van der Waals surface area contributed by atoms with Gasteiger partial charge in [-0.3, -0.25) is 0 Å². The molecule has 0 heterocycles. The summed E-state index contributed by atoms with van der Waals surface area (Å²) in [7, 11) is 0. The van der Waals surface area contributed by atoms with Crippen LogP contribution >= 0.6 is 0 Å². The zero-order valence-corrected chi connectivity index (χ0v) is 11.3. The zero-order chi connectivity index (χ0) is 13.5. The number of carbonyl (C=O) groups is 1. The van der Waals surface area contributed by atoms with E-state index in [1.807, 2.05) is 43.0 Å². The van der Waals surface area contributed by atoms with Crippen LogP contribution in [-0.2, 0) is 9.53 Å². The summed E-state index contributed by atoms with van der Waals surface area (Å²) in [6, 6.07) is 7.27. The quantitative estimate of drug-likeness (QED) is 0.622. The second-order valence-corrected chi connectivity index (χ2v) is 4.21. The maximum atomic E-state index is 11.8. The molecule has 0 aliphatic rings. The fourth-order valence-corrected chi connectivity index (χ4v) is 1.84. The molecule has 0 bridgehead atoms. The molecule has 1 atom stereocenters. The van der Waals surface area contributed by atoms with Crippen LogP contribution in [-0.4, -0.2) is 25.2 Å². The summed E-state index contributed by atoms with van der Waals surface area (Å²) in [4.78, 5) is 13.9. The smallest absolute Gasteiger partial charge is 0.328 e. The first-order valence-corrected chi connectivity index (χ1v) is 6.39. The molecule has 18 heavy (non-hydrogen) atoms. The maximum absolute atomic E-state index is 11.8. The third-order valence-corrected chi connectivity index (χ3v) is 2.78. The van der Waals surface area contributed by atoms with Crippen LogP contribution in [0.5, 0.6) is 0 Å². The Balaban J connectivity index is 2.87. The van der Waals surface area contributed by atoms with E-state index in [1.54, 1.807) is 0 Å². The van der Waals surface area contributed by atoms with Gasteiger partial charge >= 0.3 is 5.97 Å². The molecule has 0 aromatic heterocycles. The van der Waals surface area contributed by atoms with Crippen molar-refractivity contribution in [2.24, 2.45) is 0 Å². The summed E-state index contributed by atoms with van der Waals surface area (Å²) in [5.74, 6) is -0.192. The van der Waals surface area contributed by atoms with Crippen LogP contribution in [0.2, 0.25) is 0 Å². The van der Waals surface area contributed by atoms with E-state index in [-0.39, 0.29) is 12.0 Å². The SMILES string of the molecule is CCCN(c1ccc(N)cc1)C(C)C(=O)OCC. The maximum Gasteiger partial charge on any atom is 0.328 e. The van der Waals surface area contributed by atoms with Gasteiger partial charge in [0.25, 0.3) is 0 Å². The van der Waals surface area contributed by atoms with Gasteiger partial charge in [0, 0.05) is 17.9 Å². The zero-order valence-electron chi connectivity index (χ0n) is 11.3. The molecule has 1 aromatic rings. The van der Waals surface area contributed by atoms with Crippen LogP contribution < -0.4 is 10.6 Å². The topological polar surface area (TPSA) is 55.6 Å². The number of nitrogen functional groups attached to an aromatic ring is 1. The molecule has 0 saturated heterocycles. The second-order valence-electron chi connectivity index (χ2n) is 4.21. The van der Waals surface area contributed by atoms with Crippen molar-refractivity contribution in [3.63, 3.8) is 0 Å². The summed E-state index contributed by atoms with van der Waals surface area (Å²) in [6.07, 6.45) is 0.966. The average molecular weight is 250 g/mol. The average Bonchev–Trinajstić information content (AvgIpc) is 2.37. The number of anilines is 2. The Morgan fingerprint density at radius 2 is 1.94 bits per heavy atom. The summed E-state index contributed by atoms with van der Waals surface area (Å²) in [6.45, 7) is 6.99. The molecule has 0 radical (unpaired) electrons. The Bertz CT molecular complexity index is 376. The van der Waals surface area contributed by atoms with E-state index in [2.05, 4.69) is 6.92 Å². The van der Waals surface area contributed by atoms with Gasteiger partial charge in [-0.1, -0.05) is 6.92 Å². The van der Waals surface area contributed by atoms with E-state index in [0.29, 0.717) is 6.61 Å². The lowest BCUT2D eigenvalue weighted by Crippen LogP contribution is -2.40. The molecule has 1 rings (SSSR count). The van der Waals surface area contributed by atoms with E-state index in [9.17, 15) is 4.79 Å². The molecular formula is C14H22N2O2. The van der Waals surface area contributed by atoms with Crippen LogP contribution in [0.3, 0.4) is 0 Å². The minimum atomic E-state index is -0.284. The molecule has 0 aliphatic heterocycles. The van der Waals surface area contributed by atoms with Crippen molar-refractivity contribution in [2.75, 3.05) is 23.8 Å². The van der Waals surface area contributed by atoms with Gasteiger partial charge < -0.3 is 15.4 Å². The van der Waals surface area contributed by atoms with E-state index in [1.165, 1.54) is 0 Å². The standard InChI is InChI=1S/C14H22N2O2/c1-4-10-16(11(3)14(17)18-5-2)13-8-6-12(15)7-9-13/h6-9,11H,4-5,10,15H2,1-3H3. The summed E-state index contributed by atoms with van der Waals surface area (Å²) < 4.78 is 5.07. The normalized spacial score (nSPS) is 11.9. The molecule has 100 valence electrons. The highest BCUT2D eigenvalue weighted by Gasteiger charge is 2.22. The van der Waals surface area contributed by atoms with Crippen molar-refractivity contribution in [2.45, 2.75) is 33.2 Å². The fraction of sp³-hybridized carbons (Fsp3) is 0.500. The molecule has 1 aromatic carbocycles. The van der Waals surface area contributed by atoms with Crippen molar-refractivity contribution in [1.82, 2.24) is 0 Å². The van der Waals surface area contributed by atoms with Gasteiger partial charge in [0.1, 0.15) is 6.04 Å². The predicted octanol–water partition coefficient (Wildman–Crippen LogP) is 2.44. The Kier molecular flexibility index (Phi) is 5.49. The number of esters is 1. The van der Waals surface area contributed by atoms with Crippen LogP contribution in [0.15, 0.2) is 24.3 Å². The fourth-order valence-electron chi connectivity index (χ4n) is 1.84. The van der Waals surface area contributed by atoms with E-state index in [4.69, 9.17) is 10.5 Å². The molecule has 0 fully saturated rings. The minimum Gasteiger partial charge on any atom is -0.464 e. The van der Waals surface area contributed by atoms with Crippen LogP contribution in [0, 0.1) is 0 Å². The van der Waals surface area contributed by atoms with Crippen molar-refractivity contribution < 1.29 is 9.53 Å². The lowest BCUT2D eigenvalue weighted by atomic mass is 10.2. The Morgan fingerprint density at radius 3 is 2.44 bits per heavy atom. The molecule has 0 spiro atoms. The number of nitrogens with two attached hydrogens (primary N) is 1. The first-order valence-electron chi connectivity index (χ1n) is 6.39. The third kappa shape index (κ3) is 3.65. The number of hydrogen-bond acceptors (Lipinski definition) is 4. The van der Waals surface area contributed by atoms with Crippen molar-refractivity contribution in [3.05, 3.63) is 24.3 Å². The van der Waals surface area contributed by atoms with Gasteiger partial charge in [0.15, 0.2) is 0 Å². The Morgan fingerprint density at radius 1 is 1.33 bits per heavy atom. The number of nitrogens with zero attached hydrogens (tertiary/aromatic N) is 1. The van der Waals surface area contributed by atoms with Crippen LogP contribution in [0.1, 0.15) is 27.2 Å². The van der Waals surface area contributed by atoms with Gasteiger partial charge in [0.2, 0.25) is 0 Å². The number of ether oxygens (including phenoxy) is 1. The number of hydrogen-bond donors (Lipinski definition) is 1. The first kappa shape index (κ1) is 14.4. The third-order valence-electron chi connectivity index (χ3n) is 2.78. The van der Waals surface area contributed by atoms with E-state index in [0.717, 1.165) is 24.3 Å². The number of rotatable bonds is 6. The van der Waals surface area contributed by atoms with Gasteiger partial charge in [0.05, 0.1) is 6.61 Å². The van der Waals surface area contributed by atoms with Crippen LogP contribution in [0.25, 0.3) is 0 Å². The molecule has 4 heteroatoms. The minimum absolute atomic E-state index is 0.192. The molecule has 0 amide bonds. The van der Waals surface area contributed by atoms with Crippen molar-refractivity contribution >= 4 is 17.3 Å². The number of carbonyl (C=O) groups excluding carboxylic acids is 1. The highest BCUT2D eigenvalue weighted by molar-refractivity contribution is 5.79. The van der Waals surface area contributed by atoms with Crippen molar-refractivity contribution in [1.29, 1.82) is 0 Å². The highest BCUT2D eigenvalue weighted by Crippen LogP contribution is 2.19. The molecule has 0 aliphatic carbocycles. The molecule has 1 unspecified atom stereocenters. The second kappa shape index (κ2) is 6.89. The summed E-state index contributed by atoms with van der Waals surface area (Å²) in [5.41, 5.74) is 7.39. The first-order chi connectivity index (χ1) is 8.60. The van der Waals surface area contributed by atoms with E-state index < -0.39 is 0 Å². The predicted molar refractivity (Wildman–Crippen MR) is 74.6 cm³/mol. The molecular weight excluding hydrogens is 228 g/mol. The van der Waals surface area contributed by atoms with Crippen molar-refractivity contribution in [3.8, 4) is 0 Å². The lowest BCUT2D eigenvalue weighted by Gasteiger charge is -2.29. The number of benzene rings is 1. The van der Waals surface area contributed by atoms with Gasteiger partial charge in [-0.2, -0.15) is 0 Å². The Hall–Kier alpha value is -1.71. The lowest BCUT2D eigenvalue weighted by molar-refractivity contribution is -0.144.